The predicted molar refractivity (Wildman–Crippen MR) is 77.6 cm³/mol. The zero-order valence-electron chi connectivity index (χ0n) is 9.16. The van der Waals surface area contributed by atoms with E-state index in [-0.39, 0.29) is 0 Å². The Morgan fingerprint density at radius 3 is 2.88 bits per heavy atom. The molecule has 0 aliphatic rings. The van der Waals surface area contributed by atoms with Crippen LogP contribution in [0, 0.1) is 0 Å². The monoisotopic (exact) mass is 330 g/mol. The summed E-state index contributed by atoms with van der Waals surface area (Å²) >= 11 is 11.1. The Bertz CT molecular complexity index is 470. The third kappa shape index (κ3) is 3.73. The molecule has 0 amide bonds. The Morgan fingerprint density at radius 2 is 2.18 bits per heavy atom. The minimum atomic E-state index is 0.693. The summed E-state index contributed by atoms with van der Waals surface area (Å²) in [6.07, 6.45) is 0.938. The highest BCUT2D eigenvalue weighted by Crippen LogP contribution is 2.25. The maximum Gasteiger partial charge on any atom is 0.123 e. The van der Waals surface area contributed by atoms with E-state index in [0.29, 0.717) is 6.61 Å². The number of hydrogen-bond donors (Lipinski definition) is 0. The molecule has 0 atom stereocenters. The third-order valence-corrected chi connectivity index (χ3v) is 3.97. The molecule has 0 saturated heterocycles. The van der Waals surface area contributed by atoms with E-state index in [9.17, 15) is 0 Å². The lowest BCUT2D eigenvalue weighted by atomic mass is 10.2. The molecule has 2 aromatic rings. The van der Waals surface area contributed by atoms with Crippen LogP contribution in [0.15, 0.2) is 35.0 Å². The zero-order chi connectivity index (χ0) is 12.1. The molecule has 17 heavy (non-hydrogen) atoms. The smallest absolute Gasteiger partial charge is 0.123 e. The molecule has 4 heteroatoms. The highest BCUT2D eigenvalue weighted by Gasteiger charge is 2.03. The first kappa shape index (κ1) is 12.9. The van der Waals surface area contributed by atoms with Crippen LogP contribution in [0.2, 0.25) is 5.02 Å². The normalized spacial score (nSPS) is 10.5. The average Bonchev–Trinajstić information content (AvgIpc) is 2.84. The first-order valence-electron chi connectivity index (χ1n) is 5.28. The summed E-state index contributed by atoms with van der Waals surface area (Å²) in [5.41, 5.74) is 2.41. The van der Waals surface area contributed by atoms with Gasteiger partial charge in [-0.1, -0.05) is 27.5 Å². The average molecular weight is 332 g/mol. The maximum atomic E-state index is 5.94. The number of benzene rings is 1. The van der Waals surface area contributed by atoms with Crippen LogP contribution < -0.4 is 4.74 Å². The van der Waals surface area contributed by atoms with E-state index in [4.69, 9.17) is 16.3 Å². The lowest BCUT2D eigenvalue weighted by Crippen LogP contribution is -2.02. The van der Waals surface area contributed by atoms with Crippen molar-refractivity contribution in [2.24, 2.45) is 0 Å². The van der Waals surface area contributed by atoms with Crippen LogP contribution in [0.3, 0.4) is 0 Å². The minimum absolute atomic E-state index is 0.693. The fourth-order valence-corrected chi connectivity index (χ4v) is 2.84. The Labute approximate surface area is 119 Å². The highest BCUT2D eigenvalue weighted by atomic mass is 79.9. The van der Waals surface area contributed by atoms with E-state index in [2.05, 4.69) is 32.8 Å². The zero-order valence-corrected chi connectivity index (χ0v) is 12.3. The van der Waals surface area contributed by atoms with E-state index in [1.807, 2.05) is 18.2 Å². The number of halogens is 2. The molecule has 0 radical (unpaired) electrons. The molecule has 0 fully saturated rings. The van der Waals surface area contributed by atoms with Crippen molar-refractivity contribution in [2.45, 2.75) is 11.8 Å². The van der Waals surface area contributed by atoms with Gasteiger partial charge in [-0.25, -0.2) is 0 Å². The van der Waals surface area contributed by atoms with Gasteiger partial charge in [0.05, 0.1) is 6.61 Å². The molecular formula is C13H12BrClOS. The number of alkyl halides is 1. The maximum absolute atomic E-state index is 5.94. The van der Waals surface area contributed by atoms with Crippen molar-refractivity contribution in [3.8, 4) is 5.75 Å². The summed E-state index contributed by atoms with van der Waals surface area (Å²) in [6.45, 7) is 0.693. The Morgan fingerprint density at radius 1 is 1.29 bits per heavy atom. The van der Waals surface area contributed by atoms with E-state index in [1.54, 1.807) is 11.3 Å². The molecule has 0 bridgehead atoms. The molecule has 0 aliphatic heterocycles. The van der Waals surface area contributed by atoms with Gasteiger partial charge in [0.2, 0.25) is 0 Å². The van der Waals surface area contributed by atoms with Crippen molar-refractivity contribution in [2.75, 3.05) is 6.61 Å². The van der Waals surface area contributed by atoms with Crippen LogP contribution >= 0.6 is 38.9 Å². The molecule has 0 aliphatic carbocycles. The van der Waals surface area contributed by atoms with Crippen LogP contribution in [0.1, 0.15) is 11.1 Å². The van der Waals surface area contributed by atoms with Crippen molar-refractivity contribution < 1.29 is 4.74 Å². The second-order valence-electron chi connectivity index (χ2n) is 3.62. The van der Waals surface area contributed by atoms with Gasteiger partial charge in [0.1, 0.15) is 5.75 Å². The first-order chi connectivity index (χ1) is 8.29. The molecule has 0 spiro atoms. The summed E-state index contributed by atoms with van der Waals surface area (Å²) < 4.78 is 5.77. The van der Waals surface area contributed by atoms with Crippen molar-refractivity contribution in [3.63, 3.8) is 0 Å². The quantitative estimate of drug-likeness (QED) is 0.707. The van der Waals surface area contributed by atoms with E-state index in [0.717, 1.165) is 28.1 Å². The van der Waals surface area contributed by atoms with Crippen LogP contribution in [-0.2, 0) is 11.8 Å². The van der Waals surface area contributed by atoms with Crippen molar-refractivity contribution in [1.82, 2.24) is 0 Å². The van der Waals surface area contributed by atoms with Gasteiger partial charge >= 0.3 is 0 Å². The van der Waals surface area contributed by atoms with Gasteiger partial charge < -0.3 is 4.74 Å². The van der Waals surface area contributed by atoms with E-state index >= 15 is 0 Å². The number of hydrogen-bond acceptors (Lipinski definition) is 2. The second kappa shape index (κ2) is 6.43. The molecule has 0 saturated carbocycles. The highest BCUT2D eigenvalue weighted by molar-refractivity contribution is 9.08. The van der Waals surface area contributed by atoms with E-state index < -0.39 is 0 Å². The summed E-state index contributed by atoms with van der Waals surface area (Å²) in [7, 11) is 0. The molecule has 1 aromatic carbocycles. The minimum Gasteiger partial charge on any atom is -0.493 e. The predicted octanol–water partition coefficient (Wildman–Crippen LogP) is 4.92. The summed E-state index contributed by atoms with van der Waals surface area (Å²) in [6, 6.07) is 7.83. The molecule has 1 nitrogen and oxygen atoms in total. The SMILES string of the molecule is Clc1ccc(OCCc2ccsc2)c(CBr)c1. The summed E-state index contributed by atoms with van der Waals surface area (Å²) in [5.74, 6) is 0.904. The van der Waals surface area contributed by atoms with Crippen LogP contribution in [0.5, 0.6) is 5.75 Å². The number of thiophene rings is 1. The van der Waals surface area contributed by atoms with Gasteiger partial charge in [-0.05, 0) is 40.6 Å². The fraction of sp³-hybridized carbons (Fsp3) is 0.231. The molecule has 0 N–H and O–H groups in total. The van der Waals surface area contributed by atoms with Crippen LogP contribution in [0.4, 0.5) is 0 Å². The molecule has 90 valence electrons. The fourth-order valence-electron chi connectivity index (χ4n) is 1.51. The molecule has 0 unspecified atom stereocenters. The standard InChI is InChI=1S/C13H12BrClOS/c14-8-11-7-12(15)1-2-13(11)16-5-3-10-4-6-17-9-10/h1-2,4,6-7,9H,3,5,8H2. The van der Waals surface area contributed by atoms with Gasteiger partial charge in [0.15, 0.2) is 0 Å². The lowest BCUT2D eigenvalue weighted by Gasteiger charge is -2.09. The first-order valence-corrected chi connectivity index (χ1v) is 7.72. The van der Waals surface area contributed by atoms with Crippen LogP contribution in [0.25, 0.3) is 0 Å². The largest absolute Gasteiger partial charge is 0.493 e. The van der Waals surface area contributed by atoms with Crippen molar-refractivity contribution >= 4 is 38.9 Å². The van der Waals surface area contributed by atoms with E-state index in [1.165, 1.54) is 5.56 Å². The Kier molecular flexibility index (Phi) is 4.89. The lowest BCUT2D eigenvalue weighted by molar-refractivity contribution is 0.320. The van der Waals surface area contributed by atoms with Gasteiger partial charge in [0.25, 0.3) is 0 Å². The van der Waals surface area contributed by atoms with Gasteiger partial charge in [-0.3, -0.25) is 0 Å². The Hall–Kier alpha value is -0.510. The van der Waals surface area contributed by atoms with Gasteiger partial charge in [0, 0.05) is 22.3 Å². The van der Waals surface area contributed by atoms with Crippen molar-refractivity contribution in [3.05, 3.63) is 51.2 Å². The number of rotatable bonds is 5. The molecular weight excluding hydrogens is 320 g/mol. The summed E-state index contributed by atoms with van der Waals surface area (Å²) in [4.78, 5) is 0. The van der Waals surface area contributed by atoms with Crippen molar-refractivity contribution in [1.29, 1.82) is 0 Å². The van der Waals surface area contributed by atoms with Crippen LogP contribution in [-0.4, -0.2) is 6.61 Å². The Balaban J connectivity index is 1.94. The number of ether oxygens (including phenoxy) is 1. The topological polar surface area (TPSA) is 9.23 Å². The summed E-state index contributed by atoms with van der Waals surface area (Å²) in [5, 5.41) is 5.73. The molecule has 1 aromatic heterocycles. The third-order valence-electron chi connectivity index (χ3n) is 2.39. The molecule has 1 heterocycles. The van der Waals surface area contributed by atoms with Gasteiger partial charge in [-0.2, -0.15) is 11.3 Å². The molecule has 2 rings (SSSR count). The van der Waals surface area contributed by atoms with Gasteiger partial charge in [-0.15, -0.1) is 0 Å². The second-order valence-corrected chi connectivity index (χ2v) is 5.39.